The summed E-state index contributed by atoms with van der Waals surface area (Å²) in [7, 11) is 0. The highest BCUT2D eigenvalue weighted by molar-refractivity contribution is 6.30. The van der Waals surface area contributed by atoms with Crippen LogP contribution < -0.4 is 0 Å². The van der Waals surface area contributed by atoms with Crippen molar-refractivity contribution in [3.8, 4) is 0 Å². The van der Waals surface area contributed by atoms with Crippen LogP contribution in [-0.2, 0) is 0 Å². The van der Waals surface area contributed by atoms with Gasteiger partial charge in [0.15, 0.2) is 0 Å². The second kappa shape index (κ2) is 5.97. The van der Waals surface area contributed by atoms with Crippen molar-refractivity contribution in [2.75, 3.05) is 6.54 Å². The van der Waals surface area contributed by atoms with Crippen LogP contribution in [0.25, 0.3) is 0 Å². The molecule has 118 valence electrons. The van der Waals surface area contributed by atoms with Crippen LogP contribution in [0.4, 0.5) is 4.39 Å². The third-order valence-electron chi connectivity index (χ3n) is 4.62. The minimum Gasteiger partial charge on any atom is -0.353 e. The molecule has 1 saturated carbocycles. The Morgan fingerprint density at radius 3 is 2.61 bits per heavy atom. The number of rotatable bonds is 4. The van der Waals surface area contributed by atoms with E-state index in [1.807, 2.05) is 24.5 Å². The molecule has 1 fully saturated rings. The summed E-state index contributed by atoms with van der Waals surface area (Å²) in [6, 6.07) is 14.9. The van der Waals surface area contributed by atoms with Crippen molar-refractivity contribution in [3.05, 3.63) is 70.5 Å². The van der Waals surface area contributed by atoms with E-state index in [4.69, 9.17) is 16.6 Å². The number of benzene rings is 2. The van der Waals surface area contributed by atoms with E-state index in [2.05, 4.69) is 17.0 Å². The molecule has 1 aliphatic carbocycles. The molecule has 2 nitrogen and oxygen atoms in total. The van der Waals surface area contributed by atoms with Gasteiger partial charge >= 0.3 is 0 Å². The maximum absolute atomic E-state index is 14.6. The zero-order valence-corrected chi connectivity index (χ0v) is 13.5. The van der Waals surface area contributed by atoms with E-state index in [1.165, 1.54) is 18.9 Å². The van der Waals surface area contributed by atoms with Gasteiger partial charge in [-0.15, -0.1) is 0 Å². The first-order valence-corrected chi connectivity index (χ1v) is 8.39. The summed E-state index contributed by atoms with van der Waals surface area (Å²) in [5, 5.41) is 0.426. The lowest BCUT2D eigenvalue weighted by Crippen LogP contribution is -2.28. The number of aliphatic imine (C=N–C) groups is 1. The fourth-order valence-electron chi connectivity index (χ4n) is 3.26. The quantitative estimate of drug-likeness (QED) is 0.769. The summed E-state index contributed by atoms with van der Waals surface area (Å²) in [5.74, 6) is 0.462. The largest absolute Gasteiger partial charge is 0.353 e. The standard InChI is InChI=1S/C19H18ClFN2/c20-15-8-9-16(17(21)10-15)19-18(14-4-2-1-3-5-14)22-12-23(19)11-13-6-7-13/h1-5,8-10,12-13,18-19H,6-7,11H2. The lowest BCUT2D eigenvalue weighted by molar-refractivity contribution is 0.298. The average molecular weight is 329 g/mol. The SMILES string of the molecule is Fc1cc(Cl)ccc1C1C(c2ccccc2)N=CN1CC1CC1. The van der Waals surface area contributed by atoms with Crippen molar-refractivity contribution in [3.63, 3.8) is 0 Å². The molecule has 0 radical (unpaired) electrons. The molecule has 2 aromatic rings. The summed E-state index contributed by atoms with van der Waals surface area (Å²) < 4.78 is 14.6. The Balaban J connectivity index is 1.72. The Morgan fingerprint density at radius 2 is 1.91 bits per heavy atom. The van der Waals surface area contributed by atoms with Crippen molar-refractivity contribution in [1.82, 2.24) is 4.90 Å². The first-order chi connectivity index (χ1) is 11.2. The van der Waals surface area contributed by atoms with Crippen LogP contribution in [0.15, 0.2) is 53.5 Å². The Labute approximate surface area is 140 Å². The molecule has 0 N–H and O–H groups in total. The Bertz CT molecular complexity index is 727. The summed E-state index contributed by atoms with van der Waals surface area (Å²) in [6.45, 7) is 0.944. The van der Waals surface area contributed by atoms with E-state index < -0.39 is 0 Å². The minimum atomic E-state index is -0.255. The zero-order chi connectivity index (χ0) is 15.8. The van der Waals surface area contributed by atoms with Gasteiger partial charge < -0.3 is 4.90 Å². The van der Waals surface area contributed by atoms with Crippen molar-refractivity contribution in [2.24, 2.45) is 10.9 Å². The van der Waals surface area contributed by atoms with E-state index in [-0.39, 0.29) is 17.9 Å². The Kier molecular flexibility index (Phi) is 3.82. The molecular weight excluding hydrogens is 311 g/mol. The van der Waals surface area contributed by atoms with Crippen LogP contribution in [-0.4, -0.2) is 17.8 Å². The molecule has 0 amide bonds. The molecule has 2 unspecified atom stereocenters. The average Bonchev–Trinajstić information content (AvgIpc) is 3.27. The number of nitrogens with zero attached hydrogens (tertiary/aromatic N) is 2. The highest BCUT2D eigenvalue weighted by atomic mass is 35.5. The van der Waals surface area contributed by atoms with Crippen molar-refractivity contribution < 1.29 is 4.39 Å². The van der Waals surface area contributed by atoms with Gasteiger partial charge in [0, 0.05) is 17.1 Å². The zero-order valence-electron chi connectivity index (χ0n) is 12.7. The fraction of sp³-hybridized carbons (Fsp3) is 0.316. The van der Waals surface area contributed by atoms with Gasteiger partial charge in [0.2, 0.25) is 0 Å². The molecule has 0 saturated heterocycles. The monoisotopic (exact) mass is 328 g/mol. The molecule has 2 aliphatic rings. The number of hydrogen-bond donors (Lipinski definition) is 0. The second-order valence-corrected chi connectivity index (χ2v) is 6.81. The highest BCUT2D eigenvalue weighted by Crippen LogP contribution is 2.43. The third kappa shape index (κ3) is 2.98. The van der Waals surface area contributed by atoms with E-state index >= 15 is 0 Å². The third-order valence-corrected chi connectivity index (χ3v) is 4.86. The molecule has 0 spiro atoms. The Morgan fingerprint density at radius 1 is 1.13 bits per heavy atom. The molecule has 4 heteroatoms. The van der Waals surface area contributed by atoms with Crippen LogP contribution >= 0.6 is 11.6 Å². The van der Waals surface area contributed by atoms with E-state index in [0.717, 1.165) is 12.1 Å². The molecule has 1 heterocycles. The topological polar surface area (TPSA) is 15.6 Å². The first kappa shape index (κ1) is 14.7. The maximum atomic E-state index is 14.6. The van der Waals surface area contributed by atoms with Gasteiger partial charge in [-0.05, 0) is 36.5 Å². The van der Waals surface area contributed by atoms with Gasteiger partial charge in [-0.2, -0.15) is 0 Å². The van der Waals surface area contributed by atoms with Crippen molar-refractivity contribution in [2.45, 2.75) is 24.9 Å². The fourth-order valence-corrected chi connectivity index (χ4v) is 3.42. The predicted molar refractivity (Wildman–Crippen MR) is 91.3 cm³/mol. The van der Waals surface area contributed by atoms with Gasteiger partial charge in [0.1, 0.15) is 11.9 Å². The number of hydrogen-bond acceptors (Lipinski definition) is 2. The molecule has 2 atom stereocenters. The molecule has 4 rings (SSSR count). The van der Waals surface area contributed by atoms with Gasteiger partial charge in [0.25, 0.3) is 0 Å². The van der Waals surface area contributed by atoms with Gasteiger partial charge in [-0.3, -0.25) is 4.99 Å². The van der Waals surface area contributed by atoms with Crippen molar-refractivity contribution >= 4 is 17.9 Å². The van der Waals surface area contributed by atoms with E-state index in [1.54, 1.807) is 12.1 Å². The first-order valence-electron chi connectivity index (χ1n) is 8.01. The molecular formula is C19H18ClFN2. The normalized spacial score (nSPS) is 23.5. The Hall–Kier alpha value is -1.87. The summed E-state index contributed by atoms with van der Waals surface area (Å²) in [6.07, 6.45) is 4.42. The smallest absolute Gasteiger partial charge is 0.130 e. The van der Waals surface area contributed by atoms with Gasteiger partial charge in [-0.1, -0.05) is 48.0 Å². The van der Waals surface area contributed by atoms with Crippen LogP contribution in [0.5, 0.6) is 0 Å². The molecule has 1 aliphatic heterocycles. The second-order valence-electron chi connectivity index (χ2n) is 6.37. The summed E-state index contributed by atoms with van der Waals surface area (Å²) in [4.78, 5) is 6.89. The van der Waals surface area contributed by atoms with Crippen molar-refractivity contribution in [1.29, 1.82) is 0 Å². The van der Waals surface area contributed by atoms with E-state index in [9.17, 15) is 4.39 Å². The van der Waals surface area contributed by atoms with Crippen LogP contribution in [0, 0.1) is 11.7 Å². The van der Waals surface area contributed by atoms with Gasteiger partial charge in [-0.25, -0.2) is 4.39 Å². The molecule has 23 heavy (non-hydrogen) atoms. The molecule has 2 aromatic carbocycles. The highest BCUT2D eigenvalue weighted by Gasteiger charge is 2.37. The molecule has 0 bridgehead atoms. The van der Waals surface area contributed by atoms with Crippen LogP contribution in [0.2, 0.25) is 5.02 Å². The minimum absolute atomic E-state index is 0.0781. The predicted octanol–water partition coefficient (Wildman–Crippen LogP) is 5.02. The maximum Gasteiger partial charge on any atom is 0.130 e. The lowest BCUT2D eigenvalue weighted by Gasteiger charge is -2.29. The van der Waals surface area contributed by atoms with E-state index in [0.29, 0.717) is 16.5 Å². The lowest BCUT2D eigenvalue weighted by atomic mass is 9.93. The van der Waals surface area contributed by atoms with Crippen LogP contribution in [0.3, 0.4) is 0 Å². The van der Waals surface area contributed by atoms with Gasteiger partial charge in [0.05, 0.1) is 12.4 Å². The van der Waals surface area contributed by atoms with Crippen LogP contribution in [0.1, 0.15) is 36.1 Å². The summed E-state index contributed by atoms with van der Waals surface area (Å²) >= 11 is 5.92. The number of halogens is 2. The molecule has 0 aromatic heterocycles. The summed E-state index contributed by atoms with van der Waals surface area (Å²) in [5.41, 5.74) is 1.78.